The highest BCUT2D eigenvalue weighted by atomic mass is 16.5. The monoisotopic (exact) mass is 308 g/mol. The molecule has 1 fully saturated rings. The summed E-state index contributed by atoms with van der Waals surface area (Å²) in [6.45, 7) is 5.06. The lowest BCUT2D eigenvalue weighted by molar-refractivity contribution is 0.202. The number of aromatic nitrogens is 3. The summed E-state index contributed by atoms with van der Waals surface area (Å²) < 4.78 is 5.14. The van der Waals surface area contributed by atoms with Crippen molar-refractivity contribution in [2.75, 3.05) is 13.1 Å². The van der Waals surface area contributed by atoms with Crippen LogP contribution in [-0.2, 0) is 6.54 Å². The number of rotatable bonds is 3. The molecule has 1 saturated heterocycles. The number of pyridine rings is 2. The third-order valence-electron chi connectivity index (χ3n) is 4.74. The molecule has 1 aliphatic heterocycles. The SMILES string of the molecule is Cc1oncc1CN1CCC(c2ccc3cccnc3n2)CC1. The quantitative estimate of drug-likeness (QED) is 0.743. The maximum absolute atomic E-state index is 5.14. The minimum atomic E-state index is 0.529. The largest absolute Gasteiger partial charge is 0.361 e. The molecule has 0 spiro atoms. The molecular formula is C18H20N4O. The summed E-state index contributed by atoms with van der Waals surface area (Å²) in [5.74, 6) is 1.45. The van der Waals surface area contributed by atoms with Crippen molar-refractivity contribution in [3.05, 3.63) is 53.7 Å². The van der Waals surface area contributed by atoms with E-state index in [-0.39, 0.29) is 0 Å². The van der Waals surface area contributed by atoms with Crippen LogP contribution in [0.25, 0.3) is 11.0 Å². The Morgan fingerprint density at radius 1 is 1.22 bits per heavy atom. The van der Waals surface area contributed by atoms with E-state index in [4.69, 9.17) is 9.51 Å². The molecule has 0 aliphatic carbocycles. The summed E-state index contributed by atoms with van der Waals surface area (Å²) in [6, 6.07) is 8.31. The Morgan fingerprint density at radius 3 is 2.87 bits per heavy atom. The topological polar surface area (TPSA) is 55.1 Å². The minimum absolute atomic E-state index is 0.529. The van der Waals surface area contributed by atoms with Gasteiger partial charge >= 0.3 is 0 Å². The first-order valence-corrected chi connectivity index (χ1v) is 8.14. The molecule has 23 heavy (non-hydrogen) atoms. The van der Waals surface area contributed by atoms with E-state index in [0.29, 0.717) is 5.92 Å². The zero-order valence-electron chi connectivity index (χ0n) is 13.3. The smallest absolute Gasteiger partial charge is 0.159 e. The number of nitrogens with zero attached hydrogens (tertiary/aromatic N) is 4. The van der Waals surface area contributed by atoms with E-state index < -0.39 is 0 Å². The van der Waals surface area contributed by atoms with Gasteiger partial charge in [0.25, 0.3) is 0 Å². The van der Waals surface area contributed by atoms with Gasteiger partial charge in [-0.15, -0.1) is 0 Å². The van der Waals surface area contributed by atoms with E-state index in [1.165, 1.54) is 11.3 Å². The summed E-state index contributed by atoms with van der Waals surface area (Å²) in [6.07, 6.45) is 5.91. The third-order valence-corrected chi connectivity index (χ3v) is 4.74. The van der Waals surface area contributed by atoms with Crippen LogP contribution in [0.5, 0.6) is 0 Å². The average Bonchev–Trinajstić information content (AvgIpc) is 3.00. The second-order valence-electron chi connectivity index (χ2n) is 6.24. The molecule has 1 aliphatic rings. The second kappa shape index (κ2) is 6.08. The van der Waals surface area contributed by atoms with Crippen LogP contribution in [0.3, 0.4) is 0 Å². The van der Waals surface area contributed by atoms with Gasteiger partial charge < -0.3 is 4.52 Å². The fourth-order valence-electron chi connectivity index (χ4n) is 3.29. The van der Waals surface area contributed by atoms with E-state index in [0.717, 1.165) is 49.3 Å². The normalized spacial score (nSPS) is 16.9. The third kappa shape index (κ3) is 2.97. The van der Waals surface area contributed by atoms with Crippen molar-refractivity contribution in [1.29, 1.82) is 0 Å². The van der Waals surface area contributed by atoms with Gasteiger partial charge in [-0.3, -0.25) is 4.90 Å². The summed E-state index contributed by atoms with van der Waals surface area (Å²) >= 11 is 0. The maximum atomic E-state index is 5.14. The van der Waals surface area contributed by atoms with Gasteiger partial charge in [-0.1, -0.05) is 5.16 Å². The van der Waals surface area contributed by atoms with E-state index in [2.05, 4.69) is 33.2 Å². The lowest BCUT2D eigenvalue weighted by atomic mass is 9.92. The summed E-state index contributed by atoms with van der Waals surface area (Å²) in [5, 5.41) is 4.97. The lowest BCUT2D eigenvalue weighted by Gasteiger charge is -2.31. The minimum Gasteiger partial charge on any atom is -0.361 e. The molecule has 3 aromatic rings. The zero-order chi connectivity index (χ0) is 15.6. The molecule has 5 heteroatoms. The molecule has 4 heterocycles. The van der Waals surface area contributed by atoms with Gasteiger partial charge in [0.1, 0.15) is 5.76 Å². The van der Waals surface area contributed by atoms with Crippen molar-refractivity contribution in [3.8, 4) is 0 Å². The molecule has 0 radical (unpaired) electrons. The number of hydrogen-bond donors (Lipinski definition) is 0. The van der Waals surface area contributed by atoms with Crippen molar-refractivity contribution in [2.24, 2.45) is 0 Å². The molecule has 0 bridgehead atoms. The molecule has 0 aromatic carbocycles. The van der Waals surface area contributed by atoms with Crippen LogP contribution in [0, 0.1) is 6.92 Å². The summed E-state index contributed by atoms with van der Waals surface area (Å²) in [5.41, 5.74) is 3.22. The van der Waals surface area contributed by atoms with E-state index in [1.807, 2.05) is 25.4 Å². The number of piperidine rings is 1. The first-order chi connectivity index (χ1) is 11.3. The number of fused-ring (bicyclic) bond motifs is 1. The molecule has 4 rings (SSSR count). The van der Waals surface area contributed by atoms with E-state index >= 15 is 0 Å². The van der Waals surface area contributed by atoms with Crippen LogP contribution >= 0.6 is 0 Å². The highest BCUT2D eigenvalue weighted by Crippen LogP contribution is 2.28. The molecule has 118 valence electrons. The molecule has 0 amide bonds. The maximum Gasteiger partial charge on any atom is 0.159 e. The molecule has 0 N–H and O–H groups in total. The predicted octanol–water partition coefficient (Wildman–Crippen LogP) is 3.31. The first-order valence-electron chi connectivity index (χ1n) is 8.14. The number of aryl methyl sites for hydroxylation is 1. The molecule has 0 atom stereocenters. The van der Waals surface area contributed by atoms with Gasteiger partial charge in [0, 0.05) is 35.3 Å². The van der Waals surface area contributed by atoms with Crippen molar-refractivity contribution in [1.82, 2.24) is 20.0 Å². The van der Waals surface area contributed by atoms with Gasteiger partial charge in [-0.25, -0.2) is 9.97 Å². The second-order valence-corrected chi connectivity index (χ2v) is 6.24. The highest BCUT2D eigenvalue weighted by molar-refractivity contribution is 5.74. The van der Waals surface area contributed by atoms with Crippen LogP contribution in [0.2, 0.25) is 0 Å². The highest BCUT2D eigenvalue weighted by Gasteiger charge is 2.22. The lowest BCUT2D eigenvalue weighted by Crippen LogP contribution is -2.32. The van der Waals surface area contributed by atoms with Gasteiger partial charge in [0.2, 0.25) is 0 Å². The molecule has 5 nitrogen and oxygen atoms in total. The van der Waals surface area contributed by atoms with Gasteiger partial charge in [-0.05, 0) is 57.1 Å². The summed E-state index contributed by atoms with van der Waals surface area (Å²) in [4.78, 5) is 11.6. The zero-order valence-corrected chi connectivity index (χ0v) is 13.3. The Bertz CT molecular complexity index is 805. The number of likely N-dealkylation sites (tertiary alicyclic amines) is 1. The molecule has 0 unspecified atom stereocenters. The van der Waals surface area contributed by atoms with Crippen LogP contribution in [0.4, 0.5) is 0 Å². The van der Waals surface area contributed by atoms with E-state index in [1.54, 1.807) is 0 Å². The van der Waals surface area contributed by atoms with Gasteiger partial charge in [0.15, 0.2) is 5.65 Å². The Labute approximate surface area is 135 Å². The van der Waals surface area contributed by atoms with Crippen molar-refractivity contribution < 1.29 is 4.52 Å². The van der Waals surface area contributed by atoms with Gasteiger partial charge in [0.05, 0.1) is 6.20 Å². The predicted molar refractivity (Wildman–Crippen MR) is 88.0 cm³/mol. The first kappa shape index (κ1) is 14.3. The Morgan fingerprint density at radius 2 is 2.09 bits per heavy atom. The molecular weight excluding hydrogens is 288 g/mol. The van der Waals surface area contributed by atoms with Crippen LogP contribution in [0.15, 0.2) is 41.2 Å². The standard InChI is InChI=1S/C18H20N4O/c1-13-16(11-20-23-13)12-22-9-6-14(7-10-22)17-5-4-15-3-2-8-19-18(15)21-17/h2-5,8,11,14H,6-7,9-10,12H2,1H3. The Kier molecular flexibility index (Phi) is 3.79. The van der Waals surface area contributed by atoms with Crippen molar-refractivity contribution >= 4 is 11.0 Å². The fraction of sp³-hybridized carbons (Fsp3) is 0.389. The van der Waals surface area contributed by atoms with Crippen LogP contribution in [0.1, 0.15) is 35.8 Å². The van der Waals surface area contributed by atoms with Crippen LogP contribution < -0.4 is 0 Å². The van der Waals surface area contributed by atoms with Crippen LogP contribution in [-0.4, -0.2) is 33.1 Å². The Hall–Kier alpha value is -2.27. The Balaban J connectivity index is 1.43. The average molecular weight is 308 g/mol. The number of hydrogen-bond acceptors (Lipinski definition) is 5. The summed E-state index contributed by atoms with van der Waals surface area (Å²) in [7, 11) is 0. The van der Waals surface area contributed by atoms with Gasteiger partial charge in [-0.2, -0.15) is 0 Å². The fourth-order valence-corrected chi connectivity index (χ4v) is 3.29. The van der Waals surface area contributed by atoms with Crippen molar-refractivity contribution in [2.45, 2.75) is 32.2 Å². The van der Waals surface area contributed by atoms with E-state index in [9.17, 15) is 0 Å². The van der Waals surface area contributed by atoms with Crippen molar-refractivity contribution in [3.63, 3.8) is 0 Å². The molecule has 3 aromatic heterocycles. The molecule has 0 saturated carbocycles.